The van der Waals surface area contributed by atoms with E-state index in [4.69, 9.17) is 42.6 Å². The van der Waals surface area contributed by atoms with Crippen LogP contribution < -0.4 is 29.9 Å². The lowest BCUT2D eigenvalue weighted by Crippen LogP contribution is -2.51. The Morgan fingerprint density at radius 1 is 1.02 bits per heavy atom. The molecule has 2 aromatic carbocycles. The number of nitrogens with zero attached hydrogens (tertiary/aromatic N) is 4. The fourth-order valence-electron chi connectivity index (χ4n) is 7.28. The third kappa shape index (κ3) is 6.85. The van der Waals surface area contributed by atoms with E-state index in [2.05, 4.69) is 17.2 Å². The zero-order valence-electron chi connectivity index (χ0n) is 26.7. The van der Waals surface area contributed by atoms with Crippen LogP contribution in [0.1, 0.15) is 56.1 Å². The first-order chi connectivity index (χ1) is 22.8. The van der Waals surface area contributed by atoms with Crippen molar-refractivity contribution in [1.82, 2.24) is 15.3 Å². The number of urea groups is 1. The van der Waals surface area contributed by atoms with Crippen LogP contribution in [0.2, 0.25) is 10.0 Å². The topological polar surface area (TPSA) is 109 Å². The van der Waals surface area contributed by atoms with E-state index in [9.17, 15) is 9.59 Å². The number of carbonyl (C=O) groups excluding carboxylic acids is 2. The number of hydrogen-bond donors (Lipinski definition) is 2. The van der Waals surface area contributed by atoms with Crippen molar-refractivity contribution in [3.8, 4) is 11.5 Å². The molecule has 2 heterocycles. The maximum Gasteiger partial charge on any atom is 0.330 e. The summed E-state index contributed by atoms with van der Waals surface area (Å²) in [5, 5.41) is 7.06. The highest BCUT2D eigenvalue weighted by molar-refractivity contribution is 6.42. The summed E-state index contributed by atoms with van der Waals surface area (Å²) in [6.45, 7) is 4.02. The quantitative estimate of drug-likeness (QED) is 0.215. The first-order valence-corrected chi connectivity index (χ1v) is 16.8. The number of nitrogens with one attached hydrogen (secondary N) is 2. The smallest absolute Gasteiger partial charge is 0.330 e. The Morgan fingerprint density at radius 3 is 2.38 bits per heavy atom. The van der Waals surface area contributed by atoms with Gasteiger partial charge >= 0.3 is 6.03 Å². The zero-order chi connectivity index (χ0) is 33.1. The number of amides is 3. The number of aromatic nitrogens is 2. The Bertz CT molecular complexity index is 1610. The number of benzene rings is 2. The highest BCUT2D eigenvalue weighted by Gasteiger charge is 2.39. The molecule has 2 aliphatic carbocycles. The maximum absolute atomic E-state index is 14.4. The molecule has 2 saturated carbocycles. The van der Waals surface area contributed by atoms with Crippen molar-refractivity contribution in [2.24, 2.45) is 11.8 Å². The molecule has 3 aliphatic rings. The highest BCUT2D eigenvalue weighted by atomic mass is 35.5. The van der Waals surface area contributed by atoms with Gasteiger partial charge in [-0.15, -0.1) is 0 Å². The van der Waals surface area contributed by atoms with Crippen molar-refractivity contribution in [2.75, 3.05) is 29.3 Å². The molecule has 248 valence electrons. The third-order valence-corrected chi connectivity index (χ3v) is 10.4. The molecular formula is C35H40Cl2N6O4. The maximum atomic E-state index is 14.4. The number of fused-ring (bicyclic) bond motifs is 1. The van der Waals surface area contributed by atoms with E-state index < -0.39 is 0 Å². The molecule has 0 spiro atoms. The number of ether oxygens (including phenoxy) is 2. The number of anilines is 3. The molecule has 3 amide bonds. The molecule has 2 fully saturated rings. The van der Waals surface area contributed by atoms with E-state index in [0.717, 1.165) is 24.8 Å². The molecule has 1 unspecified atom stereocenters. The highest BCUT2D eigenvalue weighted by Crippen LogP contribution is 2.48. The minimum Gasteiger partial charge on any atom is -0.495 e. The summed E-state index contributed by atoms with van der Waals surface area (Å²) in [7, 11) is 2.98. The molecular weight excluding hydrogens is 639 g/mol. The van der Waals surface area contributed by atoms with Crippen molar-refractivity contribution in [3.63, 3.8) is 0 Å². The van der Waals surface area contributed by atoms with Gasteiger partial charge in [-0.05, 0) is 42.7 Å². The van der Waals surface area contributed by atoms with Crippen molar-refractivity contribution in [2.45, 2.75) is 70.1 Å². The van der Waals surface area contributed by atoms with Gasteiger partial charge in [0.1, 0.15) is 27.4 Å². The normalized spacial score (nSPS) is 21.3. The van der Waals surface area contributed by atoms with Crippen LogP contribution >= 0.6 is 23.2 Å². The number of methoxy groups -OCH3 is 2. The van der Waals surface area contributed by atoms with Crippen LogP contribution in [0.25, 0.3) is 0 Å². The molecule has 12 heteroatoms. The van der Waals surface area contributed by atoms with Gasteiger partial charge < -0.3 is 20.1 Å². The summed E-state index contributed by atoms with van der Waals surface area (Å²) in [5.74, 6) is 2.63. The van der Waals surface area contributed by atoms with E-state index >= 15 is 0 Å². The van der Waals surface area contributed by atoms with E-state index in [1.807, 2.05) is 30.3 Å². The van der Waals surface area contributed by atoms with Gasteiger partial charge in [0.15, 0.2) is 0 Å². The minimum absolute atomic E-state index is 0.0727. The van der Waals surface area contributed by atoms with Crippen molar-refractivity contribution in [3.05, 3.63) is 76.4 Å². The average molecular weight is 680 g/mol. The van der Waals surface area contributed by atoms with Gasteiger partial charge in [0, 0.05) is 29.9 Å². The van der Waals surface area contributed by atoms with Crippen LogP contribution in [0, 0.1) is 11.8 Å². The molecule has 6 rings (SSSR count). The van der Waals surface area contributed by atoms with Crippen LogP contribution in [-0.2, 0) is 17.9 Å². The second kappa shape index (κ2) is 14.4. The molecule has 2 N–H and O–H groups in total. The van der Waals surface area contributed by atoms with Crippen molar-refractivity contribution < 1.29 is 19.1 Å². The van der Waals surface area contributed by atoms with Gasteiger partial charge in [-0.25, -0.2) is 9.78 Å². The molecule has 1 aromatic heterocycles. The fraction of sp³-hybridized carbons (Fsp3) is 0.429. The fourth-order valence-corrected chi connectivity index (χ4v) is 7.98. The van der Waals surface area contributed by atoms with E-state index in [-0.39, 0.29) is 52.8 Å². The van der Waals surface area contributed by atoms with Gasteiger partial charge in [-0.3, -0.25) is 14.6 Å². The van der Waals surface area contributed by atoms with Crippen LogP contribution in [-0.4, -0.2) is 48.2 Å². The van der Waals surface area contributed by atoms with Gasteiger partial charge in [0.2, 0.25) is 11.9 Å². The second-order valence-electron chi connectivity index (χ2n) is 12.4. The number of hydrogen-bond acceptors (Lipinski definition) is 7. The molecule has 0 saturated heterocycles. The summed E-state index contributed by atoms with van der Waals surface area (Å²) in [6, 6.07) is 10.8. The summed E-state index contributed by atoms with van der Waals surface area (Å²) in [4.78, 5) is 39.5. The van der Waals surface area contributed by atoms with Gasteiger partial charge in [0.05, 0.1) is 33.0 Å². The number of rotatable bonds is 10. The number of halogens is 2. The average Bonchev–Trinajstić information content (AvgIpc) is 3.63. The predicted octanol–water partition coefficient (Wildman–Crippen LogP) is 7.39. The van der Waals surface area contributed by atoms with Crippen molar-refractivity contribution in [1.29, 1.82) is 0 Å². The lowest BCUT2D eigenvalue weighted by molar-refractivity contribution is -0.117. The zero-order valence-corrected chi connectivity index (χ0v) is 28.2. The standard InChI is InChI=1S/C35H40Cl2N6O4/c1-4-29(44)39-25-15-14-23(22-12-8-9-13-22)16-26(25)40-34-38-18-24-20-42(32-30(36)27(46-2)17-28(47-3)31(32)37)35(45)43(33(24)41-34)19-21-10-6-5-7-11-21/h4-7,10-11,17-18,22-23,25-26H,1,8-9,12-16,19-20H2,2-3H3,(H,39,44)(H,38,40,41)/t23?,25-,26+/m0/s1. The lowest BCUT2D eigenvalue weighted by atomic mass is 9.75. The van der Waals surface area contributed by atoms with Crippen molar-refractivity contribution >= 4 is 52.6 Å². The Kier molecular flexibility index (Phi) is 10.1. The second-order valence-corrected chi connectivity index (χ2v) is 13.2. The predicted molar refractivity (Wildman–Crippen MR) is 185 cm³/mol. The third-order valence-electron chi connectivity index (χ3n) is 9.68. The van der Waals surface area contributed by atoms with Crippen LogP contribution in [0.15, 0.2) is 55.3 Å². The van der Waals surface area contributed by atoms with Gasteiger partial charge in [-0.2, -0.15) is 4.98 Å². The Hall–Kier alpha value is -4.02. The van der Waals surface area contributed by atoms with Crippen LogP contribution in [0.4, 0.5) is 22.2 Å². The van der Waals surface area contributed by atoms with E-state index in [0.29, 0.717) is 40.7 Å². The Labute approximate surface area is 285 Å². The molecule has 3 atom stereocenters. The lowest BCUT2D eigenvalue weighted by Gasteiger charge is -2.40. The van der Waals surface area contributed by atoms with Crippen LogP contribution in [0.5, 0.6) is 11.5 Å². The van der Waals surface area contributed by atoms with Gasteiger partial charge in [0.25, 0.3) is 0 Å². The molecule has 0 radical (unpaired) electrons. The summed E-state index contributed by atoms with van der Waals surface area (Å²) in [5.41, 5.74) is 1.91. The van der Waals surface area contributed by atoms with E-state index in [1.54, 1.807) is 17.2 Å². The Morgan fingerprint density at radius 2 is 1.72 bits per heavy atom. The summed E-state index contributed by atoms with van der Waals surface area (Å²) in [6.07, 6.45) is 11.0. The molecule has 10 nitrogen and oxygen atoms in total. The monoisotopic (exact) mass is 678 g/mol. The van der Waals surface area contributed by atoms with Gasteiger partial charge in [-0.1, -0.05) is 85.8 Å². The van der Waals surface area contributed by atoms with E-state index in [1.165, 1.54) is 50.9 Å². The Balaban J connectivity index is 1.36. The van der Waals surface area contributed by atoms with Crippen LogP contribution in [0.3, 0.4) is 0 Å². The summed E-state index contributed by atoms with van der Waals surface area (Å²) >= 11 is 13.5. The molecule has 3 aromatic rings. The largest absolute Gasteiger partial charge is 0.495 e. The minimum atomic E-state index is -0.361. The molecule has 47 heavy (non-hydrogen) atoms. The summed E-state index contributed by atoms with van der Waals surface area (Å²) < 4.78 is 11.0. The first-order valence-electron chi connectivity index (χ1n) is 16.1. The molecule has 0 bridgehead atoms. The molecule has 1 aliphatic heterocycles. The first kappa shape index (κ1) is 32.9. The number of carbonyl (C=O) groups is 2. The SMILES string of the molecule is C=CC(=O)N[C@H]1CCC(C2CCCC2)C[C@H]1Nc1ncc2c(n1)N(Cc1ccccc1)C(=O)N(c1c(Cl)c(OC)cc(OC)c1Cl)C2.